The molecule has 0 unspecified atom stereocenters. The van der Waals surface area contributed by atoms with Crippen LogP contribution in [0.1, 0.15) is 30.9 Å². The highest BCUT2D eigenvalue weighted by Gasteiger charge is 2.16. The molecule has 2 aromatic rings. The molecule has 0 atom stereocenters. The van der Waals surface area contributed by atoms with E-state index in [1.165, 1.54) is 18.2 Å². The molecule has 0 aliphatic carbocycles. The minimum Gasteiger partial charge on any atom is -0.508 e. The van der Waals surface area contributed by atoms with E-state index in [9.17, 15) is 14.6 Å². The van der Waals surface area contributed by atoms with Gasteiger partial charge in [0, 0.05) is 5.56 Å². The van der Waals surface area contributed by atoms with Gasteiger partial charge in [0.1, 0.15) is 5.75 Å². The van der Waals surface area contributed by atoms with E-state index in [4.69, 9.17) is 0 Å². The summed E-state index contributed by atoms with van der Waals surface area (Å²) in [6.07, 6.45) is 1.39. The Balaban J connectivity index is 3.01. The van der Waals surface area contributed by atoms with E-state index in [1.807, 2.05) is 13.8 Å². The molecule has 0 aliphatic rings. The van der Waals surface area contributed by atoms with Gasteiger partial charge in [-0.15, -0.1) is 0 Å². The van der Waals surface area contributed by atoms with Gasteiger partial charge in [0.25, 0.3) is 0 Å². The normalized spacial score (nSPS) is 11.1. The summed E-state index contributed by atoms with van der Waals surface area (Å²) in [6.45, 7) is 7.52. The Labute approximate surface area is 105 Å². The van der Waals surface area contributed by atoms with Crippen LogP contribution in [0.4, 0.5) is 4.39 Å². The molecule has 18 heavy (non-hydrogen) atoms. The Kier molecular flexibility index (Phi) is 2.99. The molecule has 0 radical (unpaired) electrons. The highest BCUT2D eigenvalue weighted by atomic mass is 19.1. The van der Waals surface area contributed by atoms with E-state index >= 15 is 0 Å². The third kappa shape index (κ3) is 1.82. The van der Waals surface area contributed by atoms with Gasteiger partial charge in [-0.2, -0.15) is 0 Å². The number of halogens is 1. The molecule has 2 nitrogen and oxygen atoms in total. The molecule has 0 saturated carbocycles. The average Bonchev–Trinajstić information content (AvgIpc) is 2.30. The molecule has 0 saturated heterocycles. The first kappa shape index (κ1) is 12.4. The lowest BCUT2D eigenvalue weighted by atomic mass is 9.92. The van der Waals surface area contributed by atoms with Crippen LogP contribution in [0.25, 0.3) is 16.8 Å². The Morgan fingerprint density at radius 3 is 2.44 bits per heavy atom. The molecule has 2 aromatic carbocycles. The maximum Gasteiger partial charge on any atom is 0.172 e. The molecule has 0 fully saturated rings. The van der Waals surface area contributed by atoms with Gasteiger partial charge >= 0.3 is 0 Å². The van der Waals surface area contributed by atoms with Crippen molar-refractivity contribution in [2.75, 3.05) is 0 Å². The second kappa shape index (κ2) is 4.33. The predicted molar refractivity (Wildman–Crippen MR) is 71.4 cm³/mol. The molecular formula is C15H15FO2. The smallest absolute Gasteiger partial charge is 0.172 e. The molecular weight excluding hydrogens is 231 g/mol. The maximum atomic E-state index is 13.9. The van der Waals surface area contributed by atoms with Crippen LogP contribution < -0.4 is 0 Å². The fourth-order valence-corrected chi connectivity index (χ4v) is 2.20. The van der Waals surface area contributed by atoms with Crippen molar-refractivity contribution in [3.05, 3.63) is 41.7 Å². The van der Waals surface area contributed by atoms with Crippen molar-refractivity contribution in [3.63, 3.8) is 0 Å². The van der Waals surface area contributed by atoms with Crippen LogP contribution in [0.2, 0.25) is 0 Å². The maximum absolute atomic E-state index is 13.9. The second-order valence-corrected chi connectivity index (χ2v) is 4.62. The van der Waals surface area contributed by atoms with Crippen LogP contribution in [-0.4, -0.2) is 10.2 Å². The van der Waals surface area contributed by atoms with Crippen LogP contribution in [0.5, 0.6) is 11.5 Å². The standard InChI is InChI=1S/C15H15FO2/c1-4-11-14-9(6-13(18)15(11)16)5-10(17)7-12(14)8(2)3/h4-8,17-18H,1H2,2-3H3. The number of benzene rings is 2. The third-order valence-corrected chi connectivity index (χ3v) is 3.03. The summed E-state index contributed by atoms with van der Waals surface area (Å²) < 4.78 is 13.9. The molecule has 0 amide bonds. The number of hydrogen-bond donors (Lipinski definition) is 2. The molecule has 2 rings (SSSR count). The highest BCUT2D eigenvalue weighted by molar-refractivity contribution is 5.96. The summed E-state index contributed by atoms with van der Waals surface area (Å²) in [5.74, 6) is -0.878. The van der Waals surface area contributed by atoms with Crippen LogP contribution in [0, 0.1) is 5.82 Å². The Bertz CT molecular complexity index is 630. The van der Waals surface area contributed by atoms with Crippen molar-refractivity contribution in [2.45, 2.75) is 19.8 Å². The molecule has 94 valence electrons. The number of phenols is 2. The fourth-order valence-electron chi connectivity index (χ4n) is 2.20. The van der Waals surface area contributed by atoms with Crippen LogP contribution in [-0.2, 0) is 0 Å². The van der Waals surface area contributed by atoms with E-state index in [0.29, 0.717) is 10.8 Å². The van der Waals surface area contributed by atoms with Crippen molar-refractivity contribution in [1.82, 2.24) is 0 Å². The number of rotatable bonds is 2. The summed E-state index contributed by atoms with van der Waals surface area (Å²) in [5.41, 5.74) is 1.10. The Morgan fingerprint density at radius 1 is 1.22 bits per heavy atom. The summed E-state index contributed by atoms with van der Waals surface area (Å²) >= 11 is 0. The number of hydrogen-bond acceptors (Lipinski definition) is 2. The van der Waals surface area contributed by atoms with E-state index in [-0.39, 0.29) is 17.2 Å². The fraction of sp³-hybridized carbons (Fsp3) is 0.200. The van der Waals surface area contributed by atoms with Gasteiger partial charge in [-0.25, -0.2) is 4.39 Å². The molecule has 2 N–H and O–H groups in total. The van der Waals surface area contributed by atoms with Crippen molar-refractivity contribution in [2.24, 2.45) is 0 Å². The number of fused-ring (bicyclic) bond motifs is 1. The van der Waals surface area contributed by atoms with Gasteiger partial charge < -0.3 is 10.2 Å². The monoisotopic (exact) mass is 246 g/mol. The molecule has 3 heteroatoms. The topological polar surface area (TPSA) is 40.5 Å². The molecule has 0 heterocycles. The van der Waals surface area contributed by atoms with Gasteiger partial charge in [0.15, 0.2) is 11.6 Å². The summed E-state index contributed by atoms with van der Waals surface area (Å²) in [4.78, 5) is 0. The largest absolute Gasteiger partial charge is 0.508 e. The summed E-state index contributed by atoms with van der Waals surface area (Å²) in [5, 5.41) is 20.5. The Hall–Kier alpha value is -2.03. The average molecular weight is 246 g/mol. The number of phenolic OH excluding ortho intramolecular Hbond substituents is 2. The molecule has 0 aliphatic heterocycles. The highest BCUT2D eigenvalue weighted by Crippen LogP contribution is 2.37. The van der Waals surface area contributed by atoms with Crippen LogP contribution >= 0.6 is 0 Å². The van der Waals surface area contributed by atoms with Gasteiger partial charge in [0.05, 0.1) is 0 Å². The van der Waals surface area contributed by atoms with E-state index in [0.717, 1.165) is 5.56 Å². The van der Waals surface area contributed by atoms with Crippen molar-refractivity contribution < 1.29 is 14.6 Å². The first-order valence-corrected chi connectivity index (χ1v) is 5.76. The van der Waals surface area contributed by atoms with Gasteiger partial charge in [-0.05, 0) is 40.5 Å². The van der Waals surface area contributed by atoms with E-state index in [2.05, 4.69) is 6.58 Å². The zero-order chi connectivity index (χ0) is 13.4. The molecule has 0 aromatic heterocycles. The lowest BCUT2D eigenvalue weighted by molar-refractivity contribution is 0.433. The van der Waals surface area contributed by atoms with Gasteiger partial charge in [-0.3, -0.25) is 0 Å². The van der Waals surface area contributed by atoms with Crippen LogP contribution in [0.15, 0.2) is 24.8 Å². The first-order valence-electron chi connectivity index (χ1n) is 5.76. The third-order valence-electron chi connectivity index (χ3n) is 3.03. The van der Waals surface area contributed by atoms with Crippen molar-refractivity contribution in [3.8, 4) is 11.5 Å². The van der Waals surface area contributed by atoms with Crippen molar-refractivity contribution in [1.29, 1.82) is 0 Å². The summed E-state index contributed by atoms with van der Waals surface area (Å²) in [6, 6.07) is 4.45. The van der Waals surface area contributed by atoms with E-state index in [1.54, 1.807) is 6.07 Å². The number of aromatic hydroxyl groups is 2. The molecule has 0 bridgehead atoms. The van der Waals surface area contributed by atoms with Gasteiger partial charge in [-0.1, -0.05) is 26.5 Å². The zero-order valence-electron chi connectivity index (χ0n) is 10.4. The predicted octanol–water partition coefficient (Wildman–Crippen LogP) is 4.16. The van der Waals surface area contributed by atoms with E-state index < -0.39 is 11.6 Å². The zero-order valence-corrected chi connectivity index (χ0v) is 10.4. The Morgan fingerprint density at radius 2 is 1.89 bits per heavy atom. The SMILES string of the molecule is C=Cc1c(F)c(O)cc2cc(O)cc(C(C)C)c12. The first-order chi connectivity index (χ1) is 8.45. The quantitative estimate of drug-likeness (QED) is 0.835. The summed E-state index contributed by atoms with van der Waals surface area (Å²) in [7, 11) is 0. The van der Waals surface area contributed by atoms with Crippen LogP contribution in [0.3, 0.4) is 0 Å². The lowest BCUT2D eigenvalue weighted by Crippen LogP contribution is -1.95. The second-order valence-electron chi connectivity index (χ2n) is 4.62. The molecule has 0 spiro atoms. The van der Waals surface area contributed by atoms with Gasteiger partial charge in [0.2, 0.25) is 0 Å². The minimum atomic E-state index is -0.676. The minimum absolute atomic E-state index is 0.104. The lowest BCUT2D eigenvalue weighted by Gasteiger charge is -2.14. The van der Waals surface area contributed by atoms with Crippen molar-refractivity contribution >= 4 is 16.8 Å².